The molecule has 0 radical (unpaired) electrons. The largest absolute Gasteiger partial charge is 0.508 e. The van der Waals surface area contributed by atoms with Gasteiger partial charge in [-0.15, -0.1) is 0 Å². The van der Waals surface area contributed by atoms with Crippen molar-refractivity contribution in [3.63, 3.8) is 0 Å². The standard InChI is InChI=1S/C27H26N2O7S/c1-4-5-12-36-19-11-7-9-17(14-19)22(31)20-21(16-8-6-10-18(30)13-16)29(25(33)23(20)32)27-28-15(2)24(37-27)26(34)35-3/h6-11,13-14,21,30-31H,4-5,12H2,1-3H3. The van der Waals surface area contributed by atoms with E-state index in [4.69, 9.17) is 9.47 Å². The molecule has 192 valence electrons. The van der Waals surface area contributed by atoms with Crippen LogP contribution in [0.4, 0.5) is 5.13 Å². The number of aliphatic hydroxyl groups is 1. The highest BCUT2D eigenvalue weighted by atomic mass is 32.1. The number of aromatic nitrogens is 1. The van der Waals surface area contributed by atoms with Gasteiger partial charge >= 0.3 is 11.9 Å². The van der Waals surface area contributed by atoms with Gasteiger partial charge in [-0.05, 0) is 43.2 Å². The summed E-state index contributed by atoms with van der Waals surface area (Å²) < 4.78 is 10.5. The number of aryl methyl sites for hydroxylation is 1. The van der Waals surface area contributed by atoms with Crippen molar-refractivity contribution < 1.29 is 34.1 Å². The van der Waals surface area contributed by atoms with Crippen LogP contribution in [0.1, 0.15) is 52.3 Å². The van der Waals surface area contributed by atoms with E-state index in [1.807, 2.05) is 6.92 Å². The molecular weight excluding hydrogens is 496 g/mol. The van der Waals surface area contributed by atoms with Crippen molar-refractivity contribution in [2.75, 3.05) is 18.6 Å². The monoisotopic (exact) mass is 522 g/mol. The van der Waals surface area contributed by atoms with Gasteiger partial charge < -0.3 is 19.7 Å². The fourth-order valence-corrected chi connectivity index (χ4v) is 5.04. The molecule has 4 rings (SSSR count). The zero-order chi connectivity index (χ0) is 26.7. The van der Waals surface area contributed by atoms with Crippen molar-refractivity contribution in [1.29, 1.82) is 0 Å². The maximum atomic E-state index is 13.3. The van der Waals surface area contributed by atoms with Crippen LogP contribution < -0.4 is 9.64 Å². The Kier molecular flexibility index (Phi) is 7.58. The van der Waals surface area contributed by atoms with Gasteiger partial charge in [0.15, 0.2) is 5.13 Å². The predicted octanol–water partition coefficient (Wildman–Crippen LogP) is 4.75. The molecule has 2 aromatic carbocycles. The molecule has 10 heteroatoms. The minimum Gasteiger partial charge on any atom is -0.508 e. The van der Waals surface area contributed by atoms with Crippen LogP contribution in [0.2, 0.25) is 0 Å². The number of carbonyl (C=O) groups is 3. The van der Waals surface area contributed by atoms with Crippen LogP contribution in [0.3, 0.4) is 0 Å². The van der Waals surface area contributed by atoms with Gasteiger partial charge in [0.2, 0.25) is 0 Å². The first-order valence-corrected chi connectivity index (χ1v) is 12.5. The van der Waals surface area contributed by atoms with E-state index in [9.17, 15) is 24.6 Å². The minimum absolute atomic E-state index is 0.0834. The molecule has 3 aromatic rings. The lowest BCUT2D eigenvalue weighted by atomic mass is 9.95. The van der Waals surface area contributed by atoms with Crippen LogP contribution >= 0.6 is 11.3 Å². The highest BCUT2D eigenvalue weighted by Gasteiger charge is 2.48. The molecule has 1 unspecified atom stereocenters. The minimum atomic E-state index is -1.10. The number of aromatic hydroxyl groups is 1. The molecule has 1 fully saturated rings. The summed E-state index contributed by atoms with van der Waals surface area (Å²) >= 11 is 0.902. The summed E-state index contributed by atoms with van der Waals surface area (Å²) in [6.07, 6.45) is 1.82. The highest BCUT2D eigenvalue weighted by Crippen LogP contribution is 2.44. The fraction of sp³-hybridized carbons (Fsp3) is 0.259. The Morgan fingerprint density at radius 2 is 1.92 bits per heavy atom. The number of ketones is 1. The number of unbranched alkanes of at least 4 members (excludes halogenated alkanes) is 1. The maximum absolute atomic E-state index is 13.3. The van der Waals surface area contributed by atoms with Crippen molar-refractivity contribution in [2.45, 2.75) is 32.7 Å². The Hall–Kier alpha value is -4.18. The third-order valence-electron chi connectivity index (χ3n) is 5.87. The van der Waals surface area contributed by atoms with Crippen molar-refractivity contribution >= 4 is 39.9 Å². The summed E-state index contributed by atoms with van der Waals surface area (Å²) in [5.74, 6) is -2.42. The first-order valence-electron chi connectivity index (χ1n) is 11.7. The van der Waals surface area contributed by atoms with Gasteiger partial charge in [0, 0.05) is 5.56 Å². The quantitative estimate of drug-likeness (QED) is 0.143. The zero-order valence-corrected chi connectivity index (χ0v) is 21.4. The molecule has 37 heavy (non-hydrogen) atoms. The number of anilines is 1. The Balaban J connectivity index is 1.86. The Morgan fingerprint density at radius 1 is 1.16 bits per heavy atom. The van der Waals surface area contributed by atoms with E-state index in [-0.39, 0.29) is 21.3 Å². The van der Waals surface area contributed by atoms with Crippen LogP contribution in [0, 0.1) is 6.92 Å². The van der Waals surface area contributed by atoms with Gasteiger partial charge in [0.25, 0.3) is 5.78 Å². The molecule has 0 saturated carbocycles. The maximum Gasteiger partial charge on any atom is 0.350 e. The molecule has 1 amide bonds. The summed E-state index contributed by atoms with van der Waals surface area (Å²) in [7, 11) is 1.24. The predicted molar refractivity (Wildman–Crippen MR) is 138 cm³/mol. The molecule has 0 bridgehead atoms. The normalized spacial score (nSPS) is 16.7. The Labute approximate surface area is 217 Å². The van der Waals surface area contributed by atoms with E-state index in [0.717, 1.165) is 29.1 Å². The second-order valence-electron chi connectivity index (χ2n) is 8.40. The number of esters is 1. The number of benzene rings is 2. The number of aliphatic hydroxyl groups excluding tert-OH is 1. The summed E-state index contributed by atoms with van der Waals surface area (Å²) in [4.78, 5) is 44.5. The average Bonchev–Trinajstić information content (AvgIpc) is 3.40. The molecule has 0 spiro atoms. The number of ether oxygens (including phenoxy) is 2. The molecule has 2 heterocycles. The number of amides is 1. The van der Waals surface area contributed by atoms with E-state index < -0.39 is 29.5 Å². The van der Waals surface area contributed by atoms with Crippen LogP contribution in [-0.4, -0.2) is 46.6 Å². The van der Waals surface area contributed by atoms with Crippen LogP contribution in [0.5, 0.6) is 11.5 Å². The average molecular weight is 523 g/mol. The SMILES string of the molecule is CCCCOc1cccc(C(O)=C2C(=O)C(=O)N(c3nc(C)c(C(=O)OC)s3)C2c2cccc(O)c2)c1. The molecule has 1 aromatic heterocycles. The van der Waals surface area contributed by atoms with Gasteiger partial charge in [-0.2, -0.15) is 0 Å². The van der Waals surface area contributed by atoms with E-state index in [0.29, 0.717) is 29.2 Å². The smallest absolute Gasteiger partial charge is 0.350 e. The molecule has 9 nitrogen and oxygen atoms in total. The van der Waals surface area contributed by atoms with Crippen molar-refractivity contribution in [2.24, 2.45) is 0 Å². The van der Waals surface area contributed by atoms with Gasteiger partial charge in [-0.25, -0.2) is 9.78 Å². The Bertz CT molecular complexity index is 1390. The third kappa shape index (κ3) is 5.05. The summed E-state index contributed by atoms with van der Waals surface area (Å²) in [5, 5.41) is 21.6. The number of thiazole rings is 1. The molecule has 1 aliphatic rings. The van der Waals surface area contributed by atoms with E-state index in [1.165, 1.54) is 19.2 Å². The van der Waals surface area contributed by atoms with Gasteiger partial charge in [0.05, 0.1) is 31.0 Å². The summed E-state index contributed by atoms with van der Waals surface area (Å²) in [6, 6.07) is 11.6. The van der Waals surface area contributed by atoms with Crippen LogP contribution in [0.15, 0.2) is 54.1 Å². The van der Waals surface area contributed by atoms with Gasteiger partial charge in [0.1, 0.15) is 22.1 Å². The lowest BCUT2D eigenvalue weighted by Gasteiger charge is -2.23. The van der Waals surface area contributed by atoms with Crippen molar-refractivity contribution in [1.82, 2.24) is 4.98 Å². The lowest BCUT2D eigenvalue weighted by molar-refractivity contribution is -0.132. The van der Waals surface area contributed by atoms with E-state index >= 15 is 0 Å². The lowest BCUT2D eigenvalue weighted by Crippen LogP contribution is -2.29. The topological polar surface area (TPSA) is 126 Å². The van der Waals surface area contributed by atoms with Crippen LogP contribution in [0.25, 0.3) is 5.76 Å². The molecule has 2 N–H and O–H groups in total. The second-order valence-corrected chi connectivity index (χ2v) is 9.37. The first-order chi connectivity index (χ1) is 17.8. The fourth-order valence-electron chi connectivity index (χ4n) is 4.03. The zero-order valence-electron chi connectivity index (χ0n) is 20.6. The number of carbonyl (C=O) groups excluding carboxylic acids is 3. The first kappa shape index (κ1) is 25.9. The van der Waals surface area contributed by atoms with Gasteiger partial charge in [-0.1, -0.05) is 48.9 Å². The van der Waals surface area contributed by atoms with Gasteiger partial charge in [-0.3, -0.25) is 14.5 Å². The Morgan fingerprint density at radius 3 is 2.62 bits per heavy atom. The molecule has 0 aliphatic carbocycles. The van der Waals surface area contributed by atoms with Crippen molar-refractivity contribution in [3.8, 4) is 11.5 Å². The molecule has 1 saturated heterocycles. The number of Topliss-reactive ketones (excluding diaryl/α,β-unsaturated/α-hetero) is 1. The number of phenols is 1. The number of nitrogens with zero attached hydrogens (tertiary/aromatic N) is 2. The van der Waals surface area contributed by atoms with E-state index in [2.05, 4.69) is 4.98 Å². The number of phenolic OH excluding ortho intramolecular Hbond substituents is 1. The number of rotatable bonds is 8. The number of hydrogen-bond donors (Lipinski definition) is 2. The molecular formula is C27H26N2O7S. The van der Waals surface area contributed by atoms with E-state index in [1.54, 1.807) is 43.3 Å². The third-order valence-corrected chi connectivity index (χ3v) is 7.00. The molecule has 1 aliphatic heterocycles. The second kappa shape index (κ2) is 10.8. The summed E-state index contributed by atoms with van der Waals surface area (Å²) in [5.41, 5.74) is 0.834. The summed E-state index contributed by atoms with van der Waals surface area (Å²) in [6.45, 7) is 4.14. The highest BCUT2D eigenvalue weighted by molar-refractivity contribution is 7.17. The number of methoxy groups -OCH3 is 1. The van der Waals surface area contributed by atoms with Crippen LogP contribution in [-0.2, 0) is 14.3 Å². The number of hydrogen-bond acceptors (Lipinski definition) is 9. The molecule has 1 atom stereocenters. The van der Waals surface area contributed by atoms with Crippen molar-refractivity contribution in [3.05, 3.63) is 75.8 Å².